The molecule has 5 rings (SSSR count). The normalized spacial score (nSPS) is 18.4. The summed E-state index contributed by atoms with van der Waals surface area (Å²) in [6.07, 6.45) is 0. The molecule has 0 aliphatic carbocycles. The fraction of sp³-hybridized carbons (Fsp3) is 0.129. The van der Waals surface area contributed by atoms with Crippen LogP contribution < -0.4 is 0 Å². The second kappa shape index (κ2) is 11.0. The Kier molecular flexibility index (Phi) is 7.69. The zero-order valence-corrected chi connectivity index (χ0v) is 23.9. The van der Waals surface area contributed by atoms with Gasteiger partial charge < -0.3 is 0 Å². The van der Waals surface area contributed by atoms with E-state index >= 15 is 0 Å². The summed E-state index contributed by atoms with van der Waals surface area (Å²) in [5.74, 6) is 1.41. The van der Waals surface area contributed by atoms with Crippen molar-refractivity contribution >= 4 is 27.0 Å². The van der Waals surface area contributed by atoms with E-state index in [0.29, 0.717) is 11.1 Å². The first-order valence-corrected chi connectivity index (χ1v) is 15.7. The van der Waals surface area contributed by atoms with Crippen molar-refractivity contribution in [3.05, 3.63) is 150 Å². The lowest BCUT2D eigenvalue weighted by atomic mass is 9.78. The standard InChI is InChI=1S/C31H29BN2O4S2/c1-4-23-32-33(39(35,36)28-19-15-24(2)16-20-28)30(26-11-7-5-8-12-26)31(27-13-9-6-10-14-27)34(32)40(37,38)29-21-17-25(3)18-22-29/h5-23,30-31H,1H2,2-3H3/t30-,31-/m0/s1. The maximum Gasteiger partial charge on any atom is 0.377 e. The first-order chi connectivity index (χ1) is 19.2. The van der Waals surface area contributed by atoms with E-state index in [2.05, 4.69) is 12.3 Å². The Morgan fingerprint density at radius 2 is 0.975 bits per heavy atom. The Balaban J connectivity index is 1.84. The summed E-state index contributed by atoms with van der Waals surface area (Å²) < 4.78 is 60.5. The molecule has 2 atom stereocenters. The highest BCUT2D eigenvalue weighted by molar-refractivity contribution is 7.92. The van der Waals surface area contributed by atoms with Crippen molar-refractivity contribution in [1.29, 1.82) is 0 Å². The van der Waals surface area contributed by atoms with E-state index in [9.17, 15) is 16.8 Å². The molecule has 40 heavy (non-hydrogen) atoms. The average molecular weight is 569 g/mol. The van der Waals surface area contributed by atoms with Gasteiger partial charge in [-0.05, 0) is 55.2 Å². The molecule has 0 radical (unpaired) electrons. The minimum absolute atomic E-state index is 0.0721. The molecule has 1 saturated heterocycles. The van der Waals surface area contributed by atoms with Crippen LogP contribution in [0.3, 0.4) is 0 Å². The molecule has 4 aromatic rings. The molecule has 6 nitrogen and oxygen atoms in total. The van der Waals surface area contributed by atoms with Gasteiger partial charge in [-0.2, -0.15) is 0 Å². The third-order valence-electron chi connectivity index (χ3n) is 7.11. The molecule has 1 aliphatic heterocycles. The molecule has 1 fully saturated rings. The summed E-state index contributed by atoms with van der Waals surface area (Å²) in [4.78, 5) is 0.144. The van der Waals surface area contributed by atoms with Gasteiger partial charge in [0.1, 0.15) is 0 Å². The van der Waals surface area contributed by atoms with Crippen LogP contribution in [-0.4, -0.2) is 32.3 Å². The molecule has 0 spiro atoms. The monoisotopic (exact) mass is 568 g/mol. The number of aryl methyl sites for hydroxylation is 2. The highest BCUT2D eigenvalue weighted by Gasteiger charge is 2.59. The second-order valence-electron chi connectivity index (χ2n) is 9.79. The number of sulfonamides is 2. The minimum Gasteiger partial charge on any atom is -0.208 e. The van der Waals surface area contributed by atoms with Gasteiger partial charge in [0.05, 0.1) is 21.9 Å². The highest BCUT2D eigenvalue weighted by Crippen LogP contribution is 2.50. The Morgan fingerprint density at radius 1 is 0.625 bits per heavy atom. The van der Waals surface area contributed by atoms with Gasteiger partial charge >= 0.3 is 6.98 Å². The van der Waals surface area contributed by atoms with Crippen molar-refractivity contribution in [3.8, 4) is 0 Å². The zero-order chi connectivity index (χ0) is 28.5. The maximum atomic E-state index is 14.5. The molecular weight excluding hydrogens is 539 g/mol. The van der Waals surface area contributed by atoms with Gasteiger partial charge in [-0.3, -0.25) is 0 Å². The summed E-state index contributed by atoms with van der Waals surface area (Å²) in [6.45, 7) is 6.22. The van der Waals surface area contributed by atoms with E-state index in [1.807, 2.05) is 74.5 Å². The summed E-state index contributed by atoms with van der Waals surface area (Å²) in [7, 11) is -8.44. The van der Waals surface area contributed by atoms with Crippen molar-refractivity contribution in [2.45, 2.75) is 35.7 Å². The molecule has 0 aromatic heterocycles. The first kappa shape index (κ1) is 27.8. The Labute approximate surface area is 237 Å². The Bertz CT molecular complexity index is 1630. The molecule has 0 saturated carbocycles. The summed E-state index contributed by atoms with van der Waals surface area (Å²) in [6, 6.07) is 29.7. The molecule has 9 heteroatoms. The number of nitrogens with zero attached hydrogens (tertiary/aromatic N) is 2. The molecule has 1 aliphatic rings. The molecule has 0 unspecified atom stereocenters. The minimum atomic E-state index is -4.22. The highest BCUT2D eigenvalue weighted by atomic mass is 32.2. The number of benzene rings is 4. The van der Waals surface area contributed by atoms with Gasteiger partial charge in [0, 0.05) is 0 Å². The third kappa shape index (κ3) is 4.99. The quantitative estimate of drug-likeness (QED) is 0.207. The van der Waals surface area contributed by atoms with Gasteiger partial charge in [-0.1, -0.05) is 103 Å². The Hall–Kier alpha value is -3.72. The summed E-state index contributed by atoms with van der Waals surface area (Å²) in [5, 5.41) is 0. The Morgan fingerprint density at radius 3 is 1.30 bits per heavy atom. The predicted molar refractivity (Wildman–Crippen MR) is 158 cm³/mol. The van der Waals surface area contributed by atoms with Gasteiger partial charge in [0.2, 0.25) is 20.0 Å². The summed E-state index contributed by atoms with van der Waals surface area (Å²) >= 11 is 0. The fourth-order valence-corrected chi connectivity index (χ4v) is 8.65. The number of rotatable bonds is 7. The van der Waals surface area contributed by atoms with Crippen LogP contribution in [0.2, 0.25) is 0 Å². The van der Waals surface area contributed by atoms with Gasteiger partial charge in [0.25, 0.3) is 0 Å². The van der Waals surface area contributed by atoms with Crippen molar-refractivity contribution in [2.75, 3.05) is 0 Å². The zero-order valence-electron chi connectivity index (χ0n) is 22.3. The molecule has 202 valence electrons. The van der Waals surface area contributed by atoms with Crippen LogP contribution in [0.5, 0.6) is 0 Å². The molecule has 1 heterocycles. The first-order valence-electron chi connectivity index (χ1n) is 12.8. The van der Waals surface area contributed by atoms with Crippen LogP contribution in [0.1, 0.15) is 34.3 Å². The van der Waals surface area contributed by atoms with Crippen LogP contribution in [-0.2, 0) is 20.0 Å². The van der Waals surface area contributed by atoms with Crippen LogP contribution in [0.15, 0.2) is 137 Å². The van der Waals surface area contributed by atoms with Crippen molar-refractivity contribution in [3.63, 3.8) is 0 Å². The topological polar surface area (TPSA) is 74.8 Å². The van der Waals surface area contributed by atoms with E-state index < -0.39 is 39.1 Å². The van der Waals surface area contributed by atoms with Crippen molar-refractivity contribution in [2.24, 2.45) is 0 Å². The predicted octanol–water partition coefficient (Wildman–Crippen LogP) is 5.85. The number of hydrogen-bond acceptors (Lipinski definition) is 4. The van der Waals surface area contributed by atoms with Crippen LogP contribution in [0.25, 0.3) is 0 Å². The van der Waals surface area contributed by atoms with E-state index in [4.69, 9.17) is 0 Å². The number of hydrogen-bond donors (Lipinski definition) is 0. The lowest BCUT2D eigenvalue weighted by molar-refractivity contribution is 0.377. The average Bonchev–Trinajstić information content (AvgIpc) is 3.31. The van der Waals surface area contributed by atoms with Crippen LogP contribution in [0, 0.1) is 13.8 Å². The third-order valence-corrected chi connectivity index (χ3v) is 10.8. The van der Waals surface area contributed by atoms with Crippen molar-refractivity contribution in [1.82, 2.24) is 8.43 Å². The molecule has 0 amide bonds. The lowest BCUT2D eigenvalue weighted by Crippen LogP contribution is -2.48. The van der Waals surface area contributed by atoms with E-state index in [1.165, 1.54) is 14.4 Å². The van der Waals surface area contributed by atoms with Crippen molar-refractivity contribution < 1.29 is 16.8 Å². The molecular formula is C31H29BN2O4S2. The maximum absolute atomic E-state index is 14.5. The molecule has 0 bridgehead atoms. The largest absolute Gasteiger partial charge is 0.377 e. The van der Waals surface area contributed by atoms with Crippen LogP contribution >= 0.6 is 0 Å². The fourth-order valence-electron chi connectivity index (χ4n) is 5.18. The smallest absolute Gasteiger partial charge is 0.208 e. The molecule has 0 N–H and O–H groups in total. The summed E-state index contributed by atoms with van der Waals surface area (Å²) in [5.41, 5.74) is 5.84. The van der Waals surface area contributed by atoms with E-state index in [1.54, 1.807) is 48.5 Å². The molecule has 4 aromatic carbocycles. The van der Waals surface area contributed by atoms with E-state index in [0.717, 1.165) is 11.1 Å². The SMILES string of the molecule is C=C=CB1N(S(=O)(=O)c2ccc(C)cc2)[C@@H](c2ccccc2)[C@H](c2ccccc2)N1S(=O)(=O)c1ccc(C)cc1. The second-order valence-corrected chi connectivity index (χ2v) is 13.5. The van der Waals surface area contributed by atoms with E-state index in [-0.39, 0.29) is 9.79 Å². The van der Waals surface area contributed by atoms with Crippen LogP contribution in [0.4, 0.5) is 0 Å². The van der Waals surface area contributed by atoms with Gasteiger partial charge in [-0.15, -0.1) is 5.73 Å². The lowest BCUT2D eigenvalue weighted by Gasteiger charge is -2.30. The van der Waals surface area contributed by atoms with Gasteiger partial charge in [-0.25, -0.2) is 25.3 Å². The van der Waals surface area contributed by atoms with Gasteiger partial charge in [0.15, 0.2) is 0 Å².